The number of carbonyl (C=O) groups is 3. The van der Waals surface area contributed by atoms with Gasteiger partial charge in [-0.15, -0.1) is 0 Å². The van der Waals surface area contributed by atoms with Crippen LogP contribution in [-0.4, -0.2) is 29.4 Å². The molecular formula is C13H18O5. The van der Waals surface area contributed by atoms with Gasteiger partial charge in [-0.1, -0.05) is 0 Å². The van der Waals surface area contributed by atoms with Crippen LogP contribution >= 0.6 is 0 Å². The molecule has 0 heterocycles. The molecule has 1 atom stereocenters. The van der Waals surface area contributed by atoms with E-state index in [4.69, 9.17) is 9.47 Å². The van der Waals surface area contributed by atoms with Crippen LogP contribution in [0.3, 0.4) is 0 Å². The first-order chi connectivity index (χ1) is 8.28. The highest BCUT2D eigenvalue weighted by Crippen LogP contribution is 2.17. The Labute approximate surface area is 106 Å². The fourth-order valence-corrected chi connectivity index (χ4v) is 1.56. The fraction of sp³-hybridized carbons (Fsp3) is 0.615. The highest BCUT2D eigenvalue weighted by atomic mass is 16.6. The summed E-state index contributed by atoms with van der Waals surface area (Å²) >= 11 is 0. The van der Waals surface area contributed by atoms with Gasteiger partial charge in [0.25, 0.3) is 0 Å². The molecule has 0 amide bonds. The minimum atomic E-state index is -0.693. The molecule has 5 nitrogen and oxygen atoms in total. The number of ether oxygens (including phenoxy) is 2. The van der Waals surface area contributed by atoms with Gasteiger partial charge in [0.2, 0.25) is 0 Å². The highest BCUT2D eigenvalue weighted by Gasteiger charge is 2.27. The van der Waals surface area contributed by atoms with Crippen LogP contribution < -0.4 is 0 Å². The molecule has 0 aromatic carbocycles. The SMILES string of the molecule is CC(C)(C)OC(=O)/C=C/C(=O)OC1CCCC1=O. The fourth-order valence-electron chi connectivity index (χ4n) is 1.56. The van der Waals surface area contributed by atoms with Crippen molar-refractivity contribution in [2.45, 2.75) is 51.7 Å². The van der Waals surface area contributed by atoms with Crippen LogP contribution in [-0.2, 0) is 23.9 Å². The minimum Gasteiger partial charge on any atom is -0.457 e. The molecule has 1 fully saturated rings. The largest absolute Gasteiger partial charge is 0.457 e. The Kier molecular flexibility index (Phi) is 4.64. The Bertz CT molecular complexity index is 375. The van der Waals surface area contributed by atoms with Crippen LogP contribution in [0.5, 0.6) is 0 Å². The number of hydrogen-bond donors (Lipinski definition) is 0. The van der Waals surface area contributed by atoms with E-state index in [2.05, 4.69) is 0 Å². The van der Waals surface area contributed by atoms with E-state index in [9.17, 15) is 14.4 Å². The van der Waals surface area contributed by atoms with Crippen LogP contribution in [0, 0.1) is 0 Å². The lowest BCUT2D eigenvalue weighted by Crippen LogP contribution is -2.23. The predicted molar refractivity (Wildman–Crippen MR) is 63.7 cm³/mol. The molecule has 100 valence electrons. The number of Topliss-reactive ketones (excluding diaryl/α,β-unsaturated/α-hetero) is 1. The molecule has 0 aromatic heterocycles. The quantitative estimate of drug-likeness (QED) is 0.564. The van der Waals surface area contributed by atoms with Gasteiger partial charge < -0.3 is 9.47 Å². The third kappa shape index (κ3) is 5.12. The maximum atomic E-state index is 11.3. The molecule has 18 heavy (non-hydrogen) atoms. The summed E-state index contributed by atoms with van der Waals surface area (Å²) in [6.45, 7) is 5.19. The molecule has 0 bridgehead atoms. The van der Waals surface area contributed by atoms with Gasteiger partial charge in [0, 0.05) is 18.6 Å². The second-order valence-electron chi connectivity index (χ2n) is 5.15. The molecule has 0 radical (unpaired) electrons. The monoisotopic (exact) mass is 254 g/mol. The van der Waals surface area contributed by atoms with Gasteiger partial charge in [0.05, 0.1) is 0 Å². The second-order valence-corrected chi connectivity index (χ2v) is 5.15. The molecule has 0 spiro atoms. The first-order valence-electron chi connectivity index (χ1n) is 5.92. The molecule has 1 aliphatic rings. The molecule has 0 N–H and O–H groups in total. The average molecular weight is 254 g/mol. The van der Waals surface area contributed by atoms with Gasteiger partial charge in [-0.2, -0.15) is 0 Å². The smallest absolute Gasteiger partial charge is 0.331 e. The summed E-state index contributed by atoms with van der Waals surface area (Å²) in [5, 5.41) is 0. The van der Waals surface area contributed by atoms with Crippen LogP contribution in [0.15, 0.2) is 12.2 Å². The van der Waals surface area contributed by atoms with Gasteiger partial charge >= 0.3 is 11.9 Å². The lowest BCUT2D eigenvalue weighted by Gasteiger charge is -2.17. The van der Waals surface area contributed by atoms with Crippen molar-refractivity contribution in [3.8, 4) is 0 Å². The summed E-state index contributed by atoms with van der Waals surface area (Å²) in [5.74, 6) is -1.37. The molecule has 0 aromatic rings. The predicted octanol–water partition coefficient (Wildman–Crippen LogP) is 1.55. The van der Waals surface area contributed by atoms with Crippen LogP contribution in [0.1, 0.15) is 40.0 Å². The molecule has 1 aliphatic carbocycles. The Morgan fingerprint density at radius 3 is 2.33 bits per heavy atom. The van der Waals surface area contributed by atoms with Gasteiger partial charge in [0.1, 0.15) is 5.60 Å². The van der Waals surface area contributed by atoms with Crippen LogP contribution in [0.25, 0.3) is 0 Å². The lowest BCUT2D eigenvalue weighted by molar-refractivity contribution is -0.150. The number of carbonyl (C=O) groups excluding carboxylic acids is 3. The zero-order chi connectivity index (χ0) is 13.8. The van der Waals surface area contributed by atoms with E-state index in [0.29, 0.717) is 12.8 Å². The standard InChI is InChI=1S/C13H18O5/c1-13(2,3)18-12(16)8-7-11(15)17-10-6-4-5-9(10)14/h7-8,10H,4-6H2,1-3H3/b8-7+. The normalized spacial score (nSPS) is 20.2. The molecule has 1 saturated carbocycles. The number of hydrogen-bond acceptors (Lipinski definition) is 5. The molecule has 1 rings (SSSR count). The second kappa shape index (κ2) is 5.80. The zero-order valence-electron chi connectivity index (χ0n) is 10.9. The zero-order valence-corrected chi connectivity index (χ0v) is 10.9. The maximum absolute atomic E-state index is 11.3. The Hall–Kier alpha value is -1.65. The third-order valence-electron chi connectivity index (χ3n) is 2.27. The topological polar surface area (TPSA) is 69.7 Å². The van der Waals surface area contributed by atoms with Crippen molar-refractivity contribution < 1.29 is 23.9 Å². The summed E-state index contributed by atoms with van der Waals surface area (Å²) in [6, 6.07) is 0. The molecular weight excluding hydrogens is 236 g/mol. The van der Waals surface area contributed by atoms with E-state index in [0.717, 1.165) is 18.6 Å². The molecule has 1 unspecified atom stereocenters. The number of ketones is 1. The van der Waals surface area contributed by atoms with E-state index in [1.165, 1.54) is 0 Å². The summed E-state index contributed by atoms with van der Waals surface area (Å²) in [7, 11) is 0. The molecule has 0 aliphatic heterocycles. The highest BCUT2D eigenvalue weighted by molar-refractivity contribution is 5.94. The van der Waals surface area contributed by atoms with E-state index in [1.54, 1.807) is 20.8 Å². The van der Waals surface area contributed by atoms with Gasteiger partial charge in [0.15, 0.2) is 11.9 Å². The molecule has 0 saturated heterocycles. The van der Waals surface area contributed by atoms with E-state index >= 15 is 0 Å². The van der Waals surface area contributed by atoms with Crippen molar-refractivity contribution >= 4 is 17.7 Å². The number of esters is 2. The van der Waals surface area contributed by atoms with Crippen molar-refractivity contribution in [2.24, 2.45) is 0 Å². The van der Waals surface area contributed by atoms with Crippen molar-refractivity contribution in [1.29, 1.82) is 0 Å². The van der Waals surface area contributed by atoms with E-state index in [-0.39, 0.29) is 5.78 Å². The number of rotatable bonds is 3. The maximum Gasteiger partial charge on any atom is 0.331 e. The van der Waals surface area contributed by atoms with Gasteiger partial charge in [-0.05, 0) is 33.6 Å². The Morgan fingerprint density at radius 1 is 1.22 bits per heavy atom. The van der Waals surface area contributed by atoms with E-state index < -0.39 is 23.6 Å². The van der Waals surface area contributed by atoms with Crippen LogP contribution in [0.4, 0.5) is 0 Å². The summed E-state index contributed by atoms with van der Waals surface area (Å²) in [5.41, 5.74) is -0.604. The van der Waals surface area contributed by atoms with Crippen molar-refractivity contribution in [3.05, 3.63) is 12.2 Å². The van der Waals surface area contributed by atoms with Gasteiger partial charge in [-0.25, -0.2) is 9.59 Å². The molecule has 5 heteroatoms. The Balaban J connectivity index is 2.40. The first-order valence-corrected chi connectivity index (χ1v) is 5.92. The first kappa shape index (κ1) is 14.4. The van der Waals surface area contributed by atoms with Crippen molar-refractivity contribution in [1.82, 2.24) is 0 Å². The summed E-state index contributed by atoms with van der Waals surface area (Å²) in [4.78, 5) is 33.9. The summed E-state index contributed by atoms with van der Waals surface area (Å²) < 4.78 is 9.90. The van der Waals surface area contributed by atoms with E-state index in [1.807, 2.05) is 0 Å². The van der Waals surface area contributed by atoms with Crippen LogP contribution in [0.2, 0.25) is 0 Å². The lowest BCUT2D eigenvalue weighted by atomic mass is 10.2. The van der Waals surface area contributed by atoms with Crippen molar-refractivity contribution in [2.75, 3.05) is 0 Å². The average Bonchev–Trinajstić information content (AvgIpc) is 2.59. The summed E-state index contributed by atoms with van der Waals surface area (Å²) in [6.07, 6.45) is 3.10. The van der Waals surface area contributed by atoms with Crippen molar-refractivity contribution in [3.63, 3.8) is 0 Å². The van der Waals surface area contributed by atoms with Gasteiger partial charge in [-0.3, -0.25) is 4.79 Å². The third-order valence-corrected chi connectivity index (χ3v) is 2.27. The Morgan fingerprint density at radius 2 is 1.83 bits per heavy atom. The minimum absolute atomic E-state index is 0.0611.